The zero-order valence-electron chi connectivity index (χ0n) is 15.0. The van der Waals surface area contributed by atoms with Crippen LogP contribution in [-0.2, 0) is 4.74 Å². The Morgan fingerprint density at radius 3 is 2.60 bits per heavy atom. The van der Waals surface area contributed by atoms with E-state index in [9.17, 15) is 9.90 Å². The summed E-state index contributed by atoms with van der Waals surface area (Å²) in [5.74, 6) is 0.562. The van der Waals surface area contributed by atoms with Crippen LogP contribution in [0.2, 0.25) is 0 Å². The monoisotopic (exact) mass is 350 g/mol. The molecule has 0 aromatic carbocycles. The van der Waals surface area contributed by atoms with Crippen LogP contribution in [0.15, 0.2) is 12.1 Å². The fourth-order valence-electron chi connectivity index (χ4n) is 3.97. The largest absolute Gasteiger partial charge is 0.481 e. The van der Waals surface area contributed by atoms with Gasteiger partial charge in [0.25, 0.3) is 5.91 Å². The van der Waals surface area contributed by atoms with Crippen molar-refractivity contribution >= 4 is 5.91 Å². The van der Waals surface area contributed by atoms with Gasteiger partial charge in [-0.1, -0.05) is 0 Å². The Labute approximate surface area is 147 Å². The first-order valence-electron chi connectivity index (χ1n) is 8.73. The number of carbonyl (C=O) groups is 1. The van der Waals surface area contributed by atoms with Crippen molar-refractivity contribution in [2.75, 3.05) is 33.9 Å². The Morgan fingerprint density at radius 1 is 1.32 bits per heavy atom. The van der Waals surface area contributed by atoms with Crippen molar-refractivity contribution in [1.82, 2.24) is 9.88 Å². The van der Waals surface area contributed by atoms with E-state index in [0.29, 0.717) is 37.6 Å². The maximum absolute atomic E-state index is 12.9. The predicted octanol–water partition coefficient (Wildman–Crippen LogP) is 1.49. The van der Waals surface area contributed by atoms with E-state index in [1.807, 2.05) is 6.92 Å². The summed E-state index contributed by atoms with van der Waals surface area (Å²) in [4.78, 5) is 18.8. The summed E-state index contributed by atoms with van der Waals surface area (Å²) >= 11 is 0. The first-order valence-corrected chi connectivity index (χ1v) is 8.73. The number of hydrogen-bond donors (Lipinski definition) is 1. The molecule has 138 valence electrons. The molecule has 1 saturated heterocycles. The molecule has 7 nitrogen and oxygen atoms in total. The fraction of sp³-hybridized carbons (Fsp3) is 0.667. The van der Waals surface area contributed by atoms with Gasteiger partial charge in [0.05, 0.1) is 26.4 Å². The molecule has 2 atom stereocenters. The van der Waals surface area contributed by atoms with Gasteiger partial charge in [-0.15, -0.1) is 0 Å². The van der Waals surface area contributed by atoms with Gasteiger partial charge in [-0.2, -0.15) is 4.98 Å². The summed E-state index contributed by atoms with van der Waals surface area (Å²) < 4.78 is 16.1. The normalized spacial score (nSPS) is 24.7. The molecule has 1 aromatic rings. The minimum atomic E-state index is -0.335. The third-order valence-corrected chi connectivity index (χ3v) is 5.56. The number of piperidine rings is 1. The molecule has 0 bridgehead atoms. The highest BCUT2D eigenvalue weighted by molar-refractivity contribution is 5.96. The molecular weight excluding hydrogens is 324 g/mol. The van der Waals surface area contributed by atoms with Gasteiger partial charge < -0.3 is 24.2 Å². The van der Waals surface area contributed by atoms with Gasteiger partial charge in [-0.3, -0.25) is 4.79 Å². The number of carbonyl (C=O) groups excluding carboxylic acids is 1. The van der Waals surface area contributed by atoms with Crippen LogP contribution in [0.25, 0.3) is 0 Å². The van der Waals surface area contributed by atoms with Crippen molar-refractivity contribution in [2.24, 2.45) is 5.41 Å². The summed E-state index contributed by atoms with van der Waals surface area (Å²) in [6.07, 6.45) is 1.95. The quantitative estimate of drug-likeness (QED) is 0.867. The maximum atomic E-state index is 12.9. The van der Waals surface area contributed by atoms with Gasteiger partial charge in [0, 0.05) is 37.6 Å². The number of nitrogens with zero attached hydrogens (tertiary/aromatic N) is 2. The standard InChI is InChI=1S/C18H26N2O5/c1-4-25-14-11-13(21)18(14)7-9-20(10-8-18)17(22)12-5-6-15(23-2)19-16(12)24-3/h5-6,13-14,21H,4,7-11H2,1-3H3/t13-,14+/m1/s1. The van der Waals surface area contributed by atoms with E-state index in [0.717, 1.165) is 12.8 Å². The fourth-order valence-corrected chi connectivity index (χ4v) is 3.97. The van der Waals surface area contributed by atoms with Crippen LogP contribution in [0.4, 0.5) is 0 Å². The highest BCUT2D eigenvalue weighted by Crippen LogP contribution is 2.51. The zero-order chi connectivity index (χ0) is 18.0. The van der Waals surface area contributed by atoms with Crippen LogP contribution >= 0.6 is 0 Å². The van der Waals surface area contributed by atoms with E-state index >= 15 is 0 Å². The molecule has 25 heavy (non-hydrogen) atoms. The van der Waals surface area contributed by atoms with Crippen LogP contribution in [0.1, 0.15) is 36.5 Å². The number of methoxy groups -OCH3 is 2. The second-order valence-electron chi connectivity index (χ2n) is 6.63. The Morgan fingerprint density at radius 2 is 2.04 bits per heavy atom. The average Bonchev–Trinajstić information content (AvgIpc) is 2.66. The second-order valence-corrected chi connectivity index (χ2v) is 6.63. The number of likely N-dealkylation sites (tertiary alicyclic amines) is 1. The van der Waals surface area contributed by atoms with E-state index in [1.54, 1.807) is 17.0 Å². The predicted molar refractivity (Wildman–Crippen MR) is 90.9 cm³/mol. The van der Waals surface area contributed by atoms with Gasteiger partial charge in [0.2, 0.25) is 11.8 Å². The van der Waals surface area contributed by atoms with E-state index in [2.05, 4.69) is 4.98 Å². The number of amides is 1. The number of aromatic nitrogens is 1. The first-order chi connectivity index (χ1) is 12.1. The van der Waals surface area contributed by atoms with E-state index < -0.39 is 0 Å². The Balaban J connectivity index is 1.70. The molecule has 1 amide bonds. The number of rotatable bonds is 5. The number of hydrogen-bond acceptors (Lipinski definition) is 6. The minimum absolute atomic E-state index is 0.0990. The summed E-state index contributed by atoms with van der Waals surface area (Å²) in [7, 11) is 3.01. The van der Waals surface area contributed by atoms with Crippen LogP contribution in [0.3, 0.4) is 0 Å². The maximum Gasteiger partial charge on any atom is 0.259 e. The first kappa shape index (κ1) is 17.9. The highest BCUT2D eigenvalue weighted by atomic mass is 16.5. The number of aliphatic hydroxyl groups is 1. The molecule has 0 radical (unpaired) electrons. The van der Waals surface area contributed by atoms with Gasteiger partial charge in [0.15, 0.2) is 0 Å². The van der Waals surface area contributed by atoms with Crippen molar-refractivity contribution in [3.63, 3.8) is 0 Å². The van der Waals surface area contributed by atoms with Gasteiger partial charge in [0.1, 0.15) is 5.56 Å². The Hall–Kier alpha value is -1.86. The topological polar surface area (TPSA) is 81.1 Å². The number of aliphatic hydroxyl groups excluding tert-OH is 1. The molecule has 1 N–H and O–H groups in total. The highest BCUT2D eigenvalue weighted by Gasteiger charge is 2.56. The summed E-state index contributed by atoms with van der Waals surface area (Å²) in [6, 6.07) is 3.33. The molecule has 7 heteroatoms. The molecule has 1 saturated carbocycles. The molecule has 1 aromatic heterocycles. The van der Waals surface area contributed by atoms with Crippen molar-refractivity contribution < 1.29 is 24.1 Å². The lowest BCUT2D eigenvalue weighted by molar-refractivity contribution is -0.207. The Kier molecular flexibility index (Phi) is 5.15. The Bertz CT molecular complexity index is 626. The lowest BCUT2D eigenvalue weighted by Crippen LogP contribution is -2.62. The molecule has 1 aliphatic heterocycles. The van der Waals surface area contributed by atoms with Gasteiger partial charge in [-0.05, 0) is 25.8 Å². The van der Waals surface area contributed by atoms with Crippen molar-refractivity contribution in [1.29, 1.82) is 0 Å². The summed E-state index contributed by atoms with van der Waals surface area (Å²) in [5.41, 5.74) is 0.226. The lowest BCUT2D eigenvalue weighted by atomic mass is 9.58. The van der Waals surface area contributed by atoms with Gasteiger partial charge >= 0.3 is 0 Å². The van der Waals surface area contributed by atoms with Crippen molar-refractivity contribution in [2.45, 2.75) is 38.4 Å². The summed E-state index contributed by atoms with van der Waals surface area (Å²) in [5, 5.41) is 10.3. The number of ether oxygens (including phenoxy) is 3. The molecular formula is C18H26N2O5. The van der Waals surface area contributed by atoms with E-state index in [-0.39, 0.29) is 29.4 Å². The third kappa shape index (κ3) is 3.06. The van der Waals surface area contributed by atoms with Crippen LogP contribution < -0.4 is 9.47 Å². The molecule has 0 unspecified atom stereocenters. The lowest BCUT2D eigenvalue weighted by Gasteiger charge is -2.56. The van der Waals surface area contributed by atoms with Gasteiger partial charge in [-0.25, -0.2) is 0 Å². The molecule has 1 aliphatic carbocycles. The SMILES string of the molecule is CCO[C@H]1C[C@@H](O)C12CCN(C(=O)c1ccc(OC)nc1OC)CC2. The van der Waals surface area contributed by atoms with E-state index in [4.69, 9.17) is 14.2 Å². The van der Waals surface area contributed by atoms with Crippen molar-refractivity contribution in [3.05, 3.63) is 17.7 Å². The zero-order valence-corrected chi connectivity index (χ0v) is 15.0. The third-order valence-electron chi connectivity index (χ3n) is 5.56. The van der Waals surface area contributed by atoms with E-state index in [1.165, 1.54) is 14.2 Å². The second kappa shape index (κ2) is 7.17. The minimum Gasteiger partial charge on any atom is -0.481 e. The average molecular weight is 350 g/mol. The van der Waals surface area contributed by atoms with Crippen LogP contribution in [0.5, 0.6) is 11.8 Å². The van der Waals surface area contributed by atoms with Crippen LogP contribution in [0, 0.1) is 5.41 Å². The van der Waals surface area contributed by atoms with Crippen LogP contribution in [-0.4, -0.2) is 67.0 Å². The smallest absolute Gasteiger partial charge is 0.259 e. The molecule has 3 rings (SSSR count). The van der Waals surface area contributed by atoms with Crippen molar-refractivity contribution in [3.8, 4) is 11.8 Å². The summed E-state index contributed by atoms with van der Waals surface area (Å²) in [6.45, 7) is 3.81. The molecule has 1 spiro atoms. The molecule has 2 aliphatic rings. The molecule has 2 heterocycles. The number of pyridine rings is 1. The molecule has 2 fully saturated rings.